The maximum absolute atomic E-state index is 14.7. The summed E-state index contributed by atoms with van der Waals surface area (Å²) in [4.78, 5) is 15.3. The number of nitrogens with one attached hydrogen (secondary N) is 2. The Bertz CT molecular complexity index is 1770. The quantitative estimate of drug-likeness (QED) is 0.0863. The summed E-state index contributed by atoms with van der Waals surface area (Å²) in [5.41, 5.74) is 3.07. The van der Waals surface area contributed by atoms with E-state index in [0.29, 0.717) is 16.9 Å². The van der Waals surface area contributed by atoms with Crippen molar-refractivity contribution in [3.63, 3.8) is 0 Å². The molecule has 2 aliphatic rings. The van der Waals surface area contributed by atoms with Crippen LogP contribution in [0.5, 0.6) is 0 Å². The second kappa shape index (κ2) is 10.7. The number of fused-ring (bicyclic) bond motifs is 8. The molecule has 0 saturated carbocycles. The van der Waals surface area contributed by atoms with E-state index in [0.717, 1.165) is 16.6 Å². The third kappa shape index (κ3) is 5.13. The molecule has 0 radical (unpaired) electrons. The van der Waals surface area contributed by atoms with Crippen LogP contribution in [0.3, 0.4) is 0 Å². The molecule has 2 N–H and O–H groups in total. The zero-order valence-electron chi connectivity index (χ0n) is 18.7. The number of hydrogen-bond donors (Lipinski definition) is 2. The molecule has 0 spiro atoms. The Morgan fingerprint density at radius 3 is 1.58 bits per heavy atom. The number of H-pyrrole nitrogens is 2. The Balaban J connectivity index is 0.000000937. The van der Waals surface area contributed by atoms with Gasteiger partial charge in [0.25, 0.3) is 0 Å². The van der Waals surface area contributed by atoms with Gasteiger partial charge in [-0.1, -0.05) is 0 Å². The third-order valence-corrected chi connectivity index (χ3v) is 5.64. The van der Waals surface area contributed by atoms with E-state index in [4.69, 9.17) is 20.2 Å². The zero-order chi connectivity index (χ0) is 27.0. The van der Waals surface area contributed by atoms with E-state index >= 15 is 0 Å². The minimum atomic E-state index is -2.22. The summed E-state index contributed by atoms with van der Waals surface area (Å²) in [6.45, 7) is 0. The predicted molar refractivity (Wildman–Crippen MR) is 135 cm³/mol. The van der Waals surface area contributed by atoms with Gasteiger partial charge in [0.05, 0.1) is 28.3 Å². The average Bonchev–Trinajstić information content (AvgIpc) is 3.68. The molecule has 0 aliphatic carbocycles. The maximum atomic E-state index is 14.7. The molecule has 0 saturated heterocycles. The van der Waals surface area contributed by atoms with Gasteiger partial charge in [-0.3, -0.25) is 0 Å². The van der Waals surface area contributed by atoms with Crippen molar-refractivity contribution in [2.45, 2.75) is 0 Å². The standard InChI is InChI=1S/C26H13F5N4.2ClH.Fe/c27-22-21(23(28)25(30)26(31)24(22)29)19-10-18-9-16-4-3-14(33-16)7-12-1-2-13(32-12)8-15-5-6-17(34-15)11-20(19)35-18;;;/h1-11,32-33H;2*1H;/q;;;+2/p-2. The molecule has 0 fully saturated rings. The van der Waals surface area contributed by atoms with E-state index in [2.05, 4.69) is 19.9 Å². The van der Waals surface area contributed by atoms with Crippen LogP contribution >= 0.6 is 20.2 Å². The Hall–Kier alpha value is -3.43. The number of hydrogen-bond acceptors (Lipinski definition) is 2. The van der Waals surface area contributed by atoms with Crippen LogP contribution in [0.15, 0.2) is 48.5 Å². The first-order valence-corrected chi connectivity index (χ1v) is 13.8. The van der Waals surface area contributed by atoms with Crippen molar-refractivity contribution >= 4 is 66.1 Å². The minimum absolute atomic E-state index is 0.0108. The summed E-state index contributed by atoms with van der Waals surface area (Å²) in [7, 11) is 9.53. The number of benzene rings is 1. The van der Waals surface area contributed by atoms with E-state index in [1.807, 2.05) is 30.3 Å². The van der Waals surface area contributed by atoms with Crippen molar-refractivity contribution in [3.8, 4) is 0 Å². The van der Waals surface area contributed by atoms with Crippen molar-refractivity contribution in [1.82, 2.24) is 19.9 Å². The van der Waals surface area contributed by atoms with Crippen LogP contribution in [0.2, 0.25) is 0 Å². The van der Waals surface area contributed by atoms with Crippen LogP contribution in [0.25, 0.3) is 45.9 Å². The molecule has 38 heavy (non-hydrogen) atoms. The fourth-order valence-corrected chi connectivity index (χ4v) is 4.06. The normalized spacial score (nSPS) is 12.3. The molecular weight excluding hydrogens is 590 g/mol. The van der Waals surface area contributed by atoms with E-state index in [9.17, 15) is 22.0 Å². The first-order valence-electron chi connectivity index (χ1n) is 10.7. The van der Waals surface area contributed by atoms with Gasteiger partial charge < -0.3 is 9.97 Å². The summed E-state index contributed by atoms with van der Waals surface area (Å²) in [5.74, 6) is -10.1. The van der Waals surface area contributed by atoms with Gasteiger partial charge >= 0.3 is 33.3 Å². The third-order valence-electron chi connectivity index (χ3n) is 5.64. The van der Waals surface area contributed by atoms with Gasteiger partial charge in [-0.05, 0) is 66.8 Å². The molecule has 4 aromatic rings. The van der Waals surface area contributed by atoms with Gasteiger partial charge in [-0.15, -0.1) is 0 Å². The van der Waals surface area contributed by atoms with E-state index in [1.165, 1.54) is 12.1 Å². The van der Waals surface area contributed by atoms with Crippen molar-refractivity contribution in [2.75, 3.05) is 0 Å². The van der Waals surface area contributed by atoms with Crippen LogP contribution in [0.1, 0.15) is 28.3 Å². The number of aromatic nitrogens is 4. The summed E-state index contributed by atoms with van der Waals surface area (Å²) in [6.07, 6.45) is 4.68. The Morgan fingerprint density at radius 2 is 1.03 bits per heavy atom. The summed E-state index contributed by atoms with van der Waals surface area (Å²) in [6, 6.07) is 14.2. The Morgan fingerprint density at radius 1 is 0.579 bits per heavy atom. The van der Waals surface area contributed by atoms with Gasteiger partial charge in [0.2, 0.25) is 5.82 Å². The van der Waals surface area contributed by atoms with Crippen molar-refractivity contribution in [3.05, 3.63) is 106 Å². The fraction of sp³-hybridized carbons (Fsp3) is 0. The number of aromatic amines is 2. The summed E-state index contributed by atoms with van der Waals surface area (Å²) >= 11 is 0.194. The van der Waals surface area contributed by atoms with Crippen LogP contribution in [0.4, 0.5) is 22.0 Å². The molecule has 0 unspecified atom stereocenters. The Labute approximate surface area is 226 Å². The number of nitrogens with zero attached hydrogens (tertiary/aromatic N) is 2. The van der Waals surface area contributed by atoms with Gasteiger partial charge in [-0.2, -0.15) is 0 Å². The number of rotatable bonds is 1. The van der Waals surface area contributed by atoms with E-state index < -0.39 is 34.6 Å². The second-order valence-electron chi connectivity index (χ2n) is 8.09. The first kappa shape index (κ1) is 26.2. The topological polar surface area (TPSA) is 57.4 Å². The van der Waals surface area contributed by atoms with E-state index in [-0.39, 0.29) is 30.1 Å². The molecule has 4 nitrogen and oxygen atoms in total. The number of halogens is 7. The molecule has 3 aromatic heterocycles. The van der Waals surface area contributed by atoms with Crippen molar-refractivity contribution < 1.29 is 35.1 Å². The average molecular weight is 603 g/mol. The summed E-state index contributed by atoms with van der Waals surface area (Å²) < 4.78 is 70.9. The summed E-state index contributed by atoms with van der Waals surface area (Å²) in [5, 5.41) is 0. The second-order valence-corrected chi connectivity index (χ2v) is 9.91. The van der Waals surface area contributed by atoms with Crippen LogP contribution in [-0.2, 0) is 13.1 Å². The molecule has 194 valence electrons. The fourth-order valence-electron chi connectivity index (χ4n) is 4.06. The van der Waals surface area contributed by atoms with E-state index in [1.54, 1.807) is 24.3 Å². The molecule has 12 heteroatoms. The Kier molecular flexibility index (Phi) is 7.40. The van der Waals surface area contributed by atoms with Gasteiger partial charge in [-0.25, -0.2) is 31.9 Å². The van der Waals surface area contributed by atoms with Crippen LogP contribution < -0.4 is 0 Å². The van der Waals surface area contributed by atoms with Gasteiger partial charge in [0.15, 0.2) is 23.3 Å². The molecule has 6 rings (SSSR count). The molecule has 0 atom stereocenters. The molecule has 5 heterocycles. The molecule has 8 bridgehead atoms. The predicted octanol–water partition coefficient (Wildman–Crippen LogP) is 8.15. The van der Waals surface area contributed by atoms with Crippen molar-refractivity contribution in [2.24, 2.45) is 0 Å². The first-order chi connectivity index (χ1) is 18.3. The monoisotopic (exact) mass is 602 g/mol. The SMILES string of the molecule is Fc1c(F)c(F)c(C2=Cc3cc4ccc(cc5ccc(cc6nc(cc2n3)C=C6)[nH]5)[nH]4)c(F)c1F.[Cl][Fe][Cl]. The molecule has 0 amide bonds. The van der Waals surface area contributed by atoms with Crippen molar-refractivity contribution in [1.29, 1.82) is 0 Å². The van der Waals surface area contributed by atoms with Gasteiger partial charge in [0.1, 0.15) is 0 Å². The van der Waals surface area contributed by atoms with Gasteiger partial charge in [0, 0.05) is 27.6 Å². The molecular formula is C26H13Cl2F5FeN4. The van der Waals surface area contributed by atoms with Crippen LogP contribution in [-0.4, -0.2) is 19.9 Å². The van der Waals surface area contributed by atoms with Crippen LogP contribution in [0, 0.1) is 29.1 Å². The molecule has 1 aromatic carbocycles. The zero-order valence-corrected chi connectivity index (χ0v) is 21.4. The molecule has 2 aliphatic heterocycles.